The van der Waals surface area contributed by atoms with Crippen LogP contribution in [-0.2, 0) is 4.74 Å². The Morgan fingerprint density at radius 2 is 2.13 bits per heavy atom. The van der Waals surface area contributed by atoms with Crippen LogP contribution in [0.15, 0.2) is 23.0 Å². The van der Waals surface area contributed by atoms with Crippen LogP contribution in [0.25, 0.3) is 11.0 Å². The number of esters is 1. The molecule has 0 unspecified atom stereocenters. The average Bonchev–Trinajstić information content (AvgIpc) is 2.60. The molecule has 0 bridgehead atoms. The third-order valence-corrected chi connectivity index (χ3v) is 2.00. The van der Waals surface area contributed by atoms with E-state index >= 15 is 0 Å². The number of carbonyl (C=O) groups excluding carboxylic acids is 1. The molecule has 0 aliphatic carbocycles. The van der Waals surface area contributed by atoms with E-state index < -0.39 is 5.97 Å². The number of aromatic amines is 2. The molecular weight excluding hydrogens is 196 g/mol. The topological polar surface area (TPSA) is 75.0 Å². The highest BCUT2D eigenvalue weighted by Gasteiger charge is 2.09. The highest BCUT2D eigenvalue weighted by molar-refractivity contribution is 5.93. The van der Waals surface area contributed by atoms with E-state index in [1.165, 1.54) is 6.07 Å². The molecule has 15 heavy (non-hydrogen) atoms. The minimum absolute atomic E-state index is 0.197. The number of ether oxygens (including phenoxy) is 1. The van der Waals surface area contributed by atoms with Gasteiger partial charge in [-0.2, -0.15) is 0 Å². The van der Waals surface area contributed by atoms with Crippen LogP contribution in [0.3, 0.4) is 0 Å². The number of hydrogen-bond acceptors (Lipinski definition) is 3. The first-order chi connectivity index (χ1) is 7.20. The highest BCUT2D eigenvalue weighted by atomic mass is 16.5. The van der Waals surface area contributed by atoms with Crippen LogP contribution in [-0.4, -0.2) is 22.5 Å². The van der Waals surface area contributed by atoms with E-state index in [0.29, 0.717) is 23.3 Å². The Bertz CT molecular complexity index is 553. The molecule has 0 fully saturated rings. The molecule has 0 atom stereocenters. The van der Waals surface area contributed by atoms with Gasteiger partial charge >= 0.3 is 5.97 Å². The van der Waals surface area contributed by atoms with Gasteiger partial charge in [-0.05, 0) is 19.1 Å². The second-order valence-electron chi connectivity index (χ2n) is 3.05. The van der Waals surface area contributed by atoms with Crippen LogP contribution in [0.5, 0.6) is 0 Å². The zero-order valence-corrected chi connectivity index (χ0v) is 8.16. The molecule has 2 rings (SSSR count). The van der Waals surface area contributed by atoms with E-state index in [1.54, 1.807) is 19.1 Å². The molecule has 0 saturated heterocycles. The Morgan fingerprint density at radius 3 is 2.87 bits per heavy atom. The van der Waals surface area contributed by atoms with Crippen molar-refractivity contribution in [2.75, 3.05) is 6.61 Å². The number of hydrogen-bond donors (Lipinski definition) is 2. The van der Waals surface area contributed by atoms with Gasteiger partial charge in [0, 0.05) is 6.07 Å². The Balaban J connectivity index is 2.47. The van der Waals surface area contributed by atoms with Crippen LogP contribution < -0.4 is 5.56 Å². The summed E-state index contributed by atoms with van der Waals surface area (Å²) in [7, 11) is 0. The third-order valence-electron chi connectivity index (χ3n) is 2.00. The van der Waals surface area contributed by atoms with Gasteiger partial charge in [-0.15, -0.1) is 0 Å². The van der Waals surface area contributed by atoms with Crippen molar-refractivity contribution in [2.24, 2.45) is 0 Å². The maximum atomic E-state index is 11.4. The highest BCUT2D eigenvalue weighted by Crippen LogP contribution is 2.11. The number of H-pyrrole nitrogens is 2. The van der Waals surface area contributed by atoms with Crippen LogP contribution >= 0.6 is 0 Å². The van der Waals surface area contributed by atoms with E-state index in [4.69, 9.17) is 4.74 Å². The van der Waals surface area contributed by atoms with Crippen molar-refractivity contribution in [1.82, 2.24) is 9.97 Å². The molecule has 2 heterocycles. The molecule has 0 amide bonds. The van der Waals surface area contributed by atoms with Crippen molar-refractivity contribution < 1.29 is 9.53 Å². The van der Waals surface area contributed by atoms with E-state index in [1.807, 2.05) is 0 Å². The fourth-order valence-corrected chi connectivity index (χ4v) is 1.36. The minimum atomic E-state index is -0.422. The lowest BCUT2D eigenvalue weighted by molar-refractivity contribution is 0.0520. The van der Waals surface area contributed by atoms with Gasteiger partial charge in [-0.3, -0.25) is 4.79 Å². The molecular formula is C10H10N2O3. The third kappa shape index (κ3) is 1.76. The van der Waals surface area contributed by atoms with Crippen molar-refractivity contribution in [3.8, 4) is 0 Å². The van der Waals surface area contributed by atoms with Gasteiger partial charge in [0.15, 0.2) is 0 Å². The number of pyridine rings is 1. The molecule has 0 aromatic carbocycles. The number of fused-ring (bicyclic) bond motifs is 1. The maximum absolute atomic E-state index is 11.4. The molecule has 2 aromatic heterocycles. The van der Waals surface area contributed by atoms with Crippen LogP contribution in [0.4, 0.5) is 0 Å². The summed E-state index contributed by atoms with van der Waals surface area (Å²) in [5, 5.41) is 0. The first kappa shape index (κ1) is 9.51. The maximum Gasteiger partial charge on any atom is 0.354 e. The largest absolute Gasteiger partial charge is 0.461 e. The lowest BCUT2D eigenvalue weighted by Crippen LogP contribution is -2.04. The second-order valence-corrected chi connectivity index (χ2v) is 3.05. The molecule has 0 radical (unpaired) electrons. The Hall–Kier alpha value is -2.04. The van der Waals surface area contributed by atoms with E-state index in [0.717, 1.165) is 0 Å². The summed E-state index contributed by atoms with van der Waals surface area (Å²) in [6, 6.07) is 4.58. The summed E-state index contributed by atoms with van der Waals surface area (Å²) in [4.78, 5) is 27.8. The van der Waals surface area contributed by atoms with Crippen molar-refractivity contribution in [1.29, 1.82) is 0 Å². The molecule has 0 aliphatic heterocycles. The zero-order chi connectivity index (χ0) is 10.8. The van der Waals surface area contributed by atoms with Crippen molar-refractivity contribution >= 4 is 17.0 Å². The average molecular weight is 206 g/mol. The van der Waals surface area contributed by atoms with Crippen molar-refractivity contribution in [3.63, 3.8) is 0 Å². The predicted octanol–water partition coefficient (Wildman–Crippen LogP) is 1.03. The molecule has 0 aliphatic rings. The molecule has 5 nitrogen and oxygen atoms in total. The second kappa shape index (κ2) is 3.61. The normalized spacial score (nSPS) is 10.5. The van der Waals surface area contributed by atoms with Crippen molar-refractivity contribution in [3.05, 3.63) is 34.2 Å². The summed E-state index contributed by atoms with van der Waals surface area (Å²) in [6.45, 7) is 2.06. The fraction of sp³-hybridized carbons (Fsp3) is 0.200. The van der Waals surface area contributed by atoms with Gasteiger partial charge in [0.05, 0.1) is 17.6 Å². The van der Waals surface area contributed by atoms with Gasteiger partial charge < -0.3 is 14.7 Å². The Labute approximate surface area is 85.1 Å². The summed E-state index contributed by atoms with van der Waals surface area (Å²) in [5.74, 6) is -0.422. The molecule has 2 N–H and O–H groups in total. The van der Waals surface area contributed by atoms with Gasteiger partial charge in [-0.25, -0.2) is 4.79 Å². The monoisotopic (exact) mass is 206 g/mol. The first-order valence-corrected chi connectivity index (χ1v) is 4.60. The lowest BCUT2D eigenvalue weighted by atomic mass is 10.4. The van der Waals surface area contributed by atoms with E-state index in [2.05, 4.69) is 9.97 Å². The van der Waals surface area contributed by atoms with Gasteiger partial charge in [0.2, 0.25) is 5.56 Å². The van der Waals surface area contributed by atoms with Crippen molar-refractivity contribution in [2.45, 2.75) is 6.92 Å². The Morgan fingerprint density at radius 1 is 1.33 bits per heavy atom. The summed E-state index contributed by atoms with van der Waals surface area (Å²) >= 11 is 0. The van der Waals surface area contributed by atoms with Crippen LogP contribution in [0.1, 0.15) is 17.4 Å². The molecule has 5 heteroatoms. The zero-order valence-electron chi connectivity index (χ0n) is 8.16. The number of nitrogens with one attached hydrogen (secondary N) is 2. The van der Waals surface area contributed by atoms with Gasteiger partial charge in [0.25, 0.3) is 0 Å². The molecule has 78 valence electrons. The summed E-state index contributed by atoms with van der Waals surface area (Å²) < 4.78 is 4.83. The summed E-state index contributed by atoms with van der Waals surface area (Å²) in [5.41, 5.74) is 1.45. The first-order valence-electron chi connectivity index (χ1n) is 4.60. The summed E-state index contributed by atoms with van der Waals surface area (Å²) in [6.07, 6.45) is 0. The van der Waals surface area contributed by atoms with E-state index in [-0.39, 0.29) is 5.56 Å². The molecule has 0 spiro atoms. The standard InChI is InChI=1S/C10H10N2O3/c1-2-15-10(14)8-5-7-6(11-8)3-4-9(13)12-7/h3-5,11H,2H2,1H3,(H,12,13). The molecule has 0 saturated carbocycles. The van der Waals surface area contributed by atoms with Gasteiger partial charge in [0.1, 0.15) is 5.69 Å². The minimum Gasteiger partial charge on any atom is -0.461 e. The SMILES string of the molecule is CCOC(=O)c1cc2[nH]c(=O)ccc2[nH]1. The number of aromatic nitrogens is 2. The molecule has 2 aromatic rings. The fourth-order valence-electron chi connectivity index (χ4n) is 1.36. The Kier molecular flexibility index (Phi) is 2.29. The van der Waals surface area contributed by atoms with Crippen LogP contribution in [0, 0.1) is 0 Å². The lowest BCUT2D eigenvalue weighted by Gasteiger charge is -1.96. The van der Waals surface area contributed by atoms with Crippen LogP contribution in [0.2, 0.25) is 0 Å². The predicted molar refractivity (Wildman–Crippen MR) is 54.9 cm³/mol. The van der Waals surface area contributed by atoms with Gasteiger partial charge in [-0.1, -0.05) is 0 Å². The number of rotatable bonds is 2. The quantitative estimate of drug-likeness (QED) is 0.720. The van der Waals surface area contributed by atoms with E-state index in [9.17, 15) is 9.59 Å². The number of carbonyl (C=O) groups is 1. The smallest absolute Gasteiger partial charge is 0.354 e.